The molecule has 23 heavy (non-hydrogen) atoms. The molecule has 0 radical (unpaired) electrons. The summed E-state index contributed by atoms with van der Waals surface area (Å²) in [4.78, 5) is 34.2. The summed E-state index contributed by atoms with van der Waals surface area (Å²) in [6.45, 7) is 1.22. The molecule has 1 amide bonds. The van der Waals surface area contributed by atoms with E-state index in [0.29, 0.717) is 0 Å². The number of amides is 1. The van der Waals surface area contributed by atoms with Crippen LogP contribution in [-0.2, 0) is 25.5 Å². The van der Waals surface area contributed by atoms with Gasteiger partial charge in [0.1, 0.15) is 12.1 Å². The number of carbonyl (C=O) groups is 3. The van der Waals surface area contributed by atoms with Crippen LogP contribution in [-0.4, -0.2) is 46.3 Å². The van der Waals surface area contributed by atoms with Gasteiger partial charge >= 0.3 is 11.9 Å². The average molecular weight is 324 g/mol. The van der Waals surface area contributed by atoms with E-state index in [9.17, 15) is 24.6 Å². The van der Waals surface area contributed by atoms with Crippen molar-refractivity contribution in [3.05, 3.63) is 35.9 Å². The summed E-state index contributed by atoms with van der Waals surface area (Å²) >= 11 is 0. The lowest BCUT2D eigenvalue weighted by molar-refractivity contribution is -0.170. The van der Waals surface area contributed by atoms with Crippen LogP contribution in [0.25, 0.3) is 0 Å². The second-order valence-corrected chi connectivity index (χ2v) is 5.19. The largest absolute Gasteiger partial charge is 0.390 e. The normalized spacial score (nSPS) is 16.0. The Balaban J connectivity index is 2.58. The van der Waals surface area contributed by atoms with E-state index >= 15 is 0 Å². The van der Waals surface area contributed by atoms with Crippen LogP contribution in [0.2, 0.25) is 0 Å². The second-order valence-electron chi connectivity index (χ2n) is 5.19. The van der Waals surface area contributed by atoms with E-state index in [1.165, 1.54) is 6.92 Å². The molecule has 8 heteroatoms. The van der Waals surface area contributed by atoms with Crippen molar-refractivity contribution >= 4 is 17.8 Å². The van der Waals surface area contributed by atoms with Crippen molar-refractivity contribution in [3.63, 3.8) is 0 Å². The van der Waals surface area contributed by atoms with Crippen LogP contribution in [0.5, 0.6) is 0 Å². The van der Waals surface area contributed by atoms with Gasteiger partial charge < -0.3 is 26.4 Å². The van der Waals surface area contributed by atoms with E-state index in [4.69, 9.17) is 11.5 Å². The second kappa shape index (κ2) is 8.37. The molecule has 0 heterocycles. The summed E-state index contributed by atoms with van der Waals surface area (Å²) in [6.07, 6.45) is -3.47. The maximum absolute atomic E-state index is 11.8. The number of carbonyl (C=O) groups excluding carboxylic acids is 3. The zero-order chi connectivity index (χ0) is 17.6. The number of hydrogen-bond donors (Lipinski definition) is 4. The van der Waals surface area contributed by atoms with Gasteiger partial charge in [-0.25, -0.2) is 9.59 Å². The summed E-state index contributed by atoms with van der Waals surface area (Å²) in [5, 5.41) is 19.1. The molecule has 0 aliphatic carbocycles. The van der Waals surface area contributed by atoms with Crippen LogP contribution in [0.1, 0.15) is 12.5 Å². The van der Waals surface area contributed by atoms with E-state index < -0.39 is 42.0 Å². The maximum atomic E-state index is 11.8. The first-order valence-corrected chi connectivity index (χ1v) is 6.94. The zero-order valence-electron chi connectivity index (χ0n) is 12.6. The number of primary amides is 1. The highest BCUT2D eigenvalue weighted by atomic mass is 16.6. The number of rotatable bonds is 7. The van der Waals surface area contributed by atoms with Gasteiger partial charge in [0.25, 0.3) is 0 Å². The van der Waals surface area contributed by atoms with Gasteiger partial charge in [-0.15, -0.1) is 0 Å². The summed E-state index contributed by atoms with van der Waals surface area (Å²) in [5.41, 5.74) is 11.3. The molecule has 1 rings (SSSR count). The van der Waals surface area contributed by atoms with E-state index in [1.807, 2.05) is 0 Å². The monoisotopic (exact) mass is 324 g/mol. The molecule has 8 nitrogen and oxygen atoms in total. The van der Waals surface area contributed by atoms with Crippen LogP contribution in [0.4, 0.5) is 0 Å². The van der Waals surface area contributed by atoms with Crippen LogP contribution < -0.4 is 11.5 Å². The highest BCUT2D eigenvalue weighted by molar-refractivity contribution is 5.91. The third-order valence-corrected chi connectivity index (χ3v) is 3.33. The van der Waals surface area contributed by atoms with Gasteiger partial charge in [-0.3, -0.25) is 4.79 Å². The Hall–Kier alpha value is -2.29. The molecule has 0 saturated heterocycles. The SMILES string of the molecule is CC(C(O)C(N)=O)C(O)C(=O)OC(=O)[C@@H](N)Cc1ccccc1. The van der Waals surface area contributed by atoms with Gasteiger partial charge in [0.2, 0.25) is 5.91 Å². The molecule has 4 atom stereocenters. The van der Waals surface area contributed by atoms with Crippen LogP contribution in [0, 0.1) is 5.92 Å². The molecule has 0 aliphatic rings. The van der Waals surface area contributed by atoms with Crippen molar-refractivity contribution in [2.24, 2.45) is 17.4 Å². The fraction of sp³-hybridized carbons (Fsp3) is 0.400. The molecule has 0 bridgehead atoms. The Bertz CT molecular complexity index is 562. The van der Waals surface area contributed by atoms with Gasteiger partial charge in [-0.1, -0.05) is 37.3 Å². The maximum Gasteiger partial charge on any atom is 0.343 e. The van der Waals surface area contributed by atoms with Crippen LogP contribution in [0.15, 0.2) is 30.3 Å². The predicted molar refractivity (Wildman–Crippen MR) is 79.6 cm³/mol. The number of esters is 2. The molecule has 0 aliphatic heterocycles. The van der Waals surface area contributed by atoms with Crippen molar-refractivity contribution in [1.82, 2.24) is 0 Å². The van der Waals surface area contributed by atoms with Crippen molar-refractivity contribution in [2.75, 3.05) is 0 Å². The van der Waals surface area contributed by atoms with Crippen molar-refractivity contribution in [1.29, 1.82) is 0 Å². The minimum Gasteiger partial charge on any atom is -0.390 e. The van der Waals surface area contributed by atoms with Crippen LogP contribution >= 0.6 is 0 Å². The fourth-order valence-corrected chi connectivity index (χ4v) is 1.83. The fourth-order valence-electron chi connectivity index (χ4n) is 1.83. The van der Waals surface area contributed by atoms with Gasteiger partial charge in [-0.2, -0.15) is 0 Å². The lowest BCUT2D eigenvalue weighted by Crippen LogP contribution is -2.45. The number of aliphatic hydroxyl groups excluding tert-OH is 2. The zero-order valence-corrected chi connectivity index (χ0v) is 12.6. The van der Waals surface area contributed by atoms with Crippen molar-refractivity contribution < 1.29 is 29.3 Å². The molecular weight excluding hydrogens is 304 g/mol. The molecule has 1 aromatic carbocycles. The highest BCUT2D eigenvalue weighted by Gasteiger charge is 2.34. The Kier molecular flexibility index (Phi) is 6.83. The predicted octanol–water partition coefficient (Wildman–Crippen LogP) is -1.53. The minimum atomic E-state index is -1.88. The molecule has 1 aromatic rings. The highest BCUT2D eigenvalue weighted by Crippen LogP contribution is 2.11. The van der Waals surface area contributed by atoms with Gasteiger partial charge in [0.05, 0.1) is 0 Å². The number of ether oxygens (including phenoxy) is 1. The number of hydrogen-bond acceptors (Lipinski definition) is 7. The molecule has 0 spiro atoms. The van der Waals surface area contributed by atoms with Crippen molar-refractivity contribution in [3.8, 4) is 0 Å². The molecule has 0 fully saturated rings. The Morgan fingerprint density at radius 1 is 1.09 bits per heavy atom. The first-order valence-electron chi connectivity index (χ1n) is 6.94. The van der Waals surface area contributed by atoms with E-state index in [0.717, 1.165) is 5.56 Å². The summed E-state index contributed by atoms with van der Waals surface area (Å²) in [5.74, 6) is -4.64. The van der Waals surface area contributed by atoms with E-state index in [2.05, 4.69) is 4.74 Å². The lowest BCUT2D eigenvalue weighted by Gasteiger charge is -2.20. The van der Waals surface area contributed by atoms with Gasteiger partial charge in [0, 0.05) is 5.92 Å². The molecule has 0 aromatic heterocycles. The summed E-state index contributed by atoms with van der Waals surface area (Å²) < 4.78 is 4.48. The van der Waals surface area contributed by atoms with Crippen LogP contribution in [0.3, 0.4) is 0 Å². The van der Waals surface area contributed by atoms with Crippen molar-refractivity contribution in [2.45, 2.75) is 31.6 Å². The number of aliphatic hydroxyl groups is 2. The minimum absolute atomic E-state index is 0.155. The Labute approximate surface area is 133 Å². The summed E-state index contributed by atoms with van der Waals surface area (Å²) in [7, 11) is 0. The third-order valence-electron chi connectivity index (χ3n) is 3.33. The van der Waals surface area contributed by atoms with E-state index in [-0.39, 0.29) is 6.42 Å². The molecule has 126 valence electrons. The van der Waals surface area contributed by atoms with E-state index in [1.54, 1.807) is 30.3 Å². The molecular formula is C15H20N2O6. The standard InChI is InChI=1S/C15H20N2O6/c1-8(11(18)13(17)20)12(19)15(22)23-14(21)10(16)7-9-5-3-2-4-6-9/h2-6,8,10-12,18-19H,7,16H2,1H3,(H2,17,20)/t8?,10-,11?,12?/m0/s1. The number of benzene rings is 1. The topological polar surface area (TPSA) is 153 Å². The smallest absolute Gasteiger partial charge is 0.343 e. The quantitative estimate of drug-likeness (QED) is 0.350. The first kappa shape index (κ1) is 18.8. The average Bonchev–Trinajstić information content (AvgIpc) is 2.53. The Morgan fingerprint density at radius 3 is 2.17 bits per heavy atom. The molecule has 0 saturated carbocycles. The lowest BCUT2D eigenvalue weighted by atomic mass is 9.97. The van der Waals surface area contributed by atoms with Gasteiger partial charge in [0.15, 0.2) is 6.10 Å². The molecule has 6 N–H and O–H groups in total. The Morgan fingerprint density at radius 2 is 1.65 bits per heavy atom. The van der Waals surface area contributed by atoms with Gasteiger partial charge in [-0.05, 0) is 12.0 Å². The number of nitrogens with two attached hydrogens (primary N) is 2. The summed E-state index contributed by atoms with van der Waals surface area (Å²) in [6, 6.07) is 7.78. The first-order chi connectivity index (χ1) is 10.7. The third kappa shape index (κ3) is 5.44. The molecule has 3 unspecified atom stereocenters.